The zero-order chi connectivity index (χ0) is 14.3. The third-order valence-electron chi connectivity index (χ3n) is 2.46. The fourth-order valence-electron chi connectivity index (χ4n) is 1.54. The van der Waals surface area contributed by atoms with Crippen LogP contribution in [0.3, 0.4) is 0 Å². The molecule has 0 spiro atoms. The van der Waals surface area contributed by atoms with E-state index in [1.807, 2.05) is 5.40 Å². The smallest absolute Gasteiger partial charge is 0.305 e. The number of aliphatic carboxylic acids is 1. The third-order valence-corrected chi connectivity index (χ3v) is 3.06. The molecule has 0 heterocycles. The van der Waals surface area contributed by atoms with Crippen LogP contribution in [-0.4, -0.2) is 23.5 Å². The van der Waals surface area contributed by atoms with Crippen LogP contribution >= 0.6 is 11.8 Å². The molecule has 1 amide bonds. The first-order valence-corrected chi connectivity index (χ1v) is 6.58. The fraction of sp³-hybridized carbons (Fsp3) is 0.308. The van der Waals surface area contributed by atoms with Crippen molar-refractivity contribution in [1.82, 2.24) is 0 Å². The van der Waals surface area contributed by atoms with Gasteiger partial charge in [0.15, 0.2) is 0 Å². The summed E-state index contributed by atoms with van der Waals surface area (Å²) in [4.78, 5) is 24.7. The quantitative estimate of drug-likeness (QED) is 0.638. The molecule has 0 aliphatic carbocycles. The van der Waals surface area contributed by atoms with Crippen molar-refractivity contribution in [1.29, 1.82) is 5.26 Å². The summed E-state index contributed by atoms with van der Waals surface area (Å²) in [6.07, 6.45) is 0.217. The Kier molecular flexibility index (Phi) is 5.90. The largest absolute Gasteiger partial charge is 0.481 e. The number of thioether (sulfide) groups is 1. The maximum atomic E-state index is 11.8. The molecule has 0 atom stereocenters. The molecule has 0 unspecified atom stereocenters. The topological polar surface area (TPSA) is 81.4 Å². The molecule has 0 aliphatic rings. The summed E-state index contributed by atoms with van der Waals surface area (Å²) in [5, 5.41) is 19.2. The Bertz CT molecular complexity index is 494. The van der Waals surface area contributed by atoms with Crippen molar-refractivity contribution < 1.29 is 14.7 Å². The Labute approximate surface area is 115 Å². The Balaban J connectivity index is 2.87. The van der Waals surface area contributed by atoms with E-state index in [0.29, 0.717) is 12.1 Å². The lowest BCUT2D eigenvalue weighted by atomic mass is 10.2. The molecule has 1 rings (SSSR count). The summed E-state index contributed by atoms with van der Waals surface area (Å²) < 4.78 is 0. The summed E-state index contributed by atoms with van der Waals surface area (Å²) in [5.74, 6) is -1.06. The van der Waals surface area contributed by atoms with E-state index in [2.05, 4.69) is 0 Å². The second-order valence-corrected chi connectivity index (χ2v) is 4.59. The van der Waals surface area contributed by atoms with Crippen LogP contribution in [0.5, 0.6) is 0 Å². The lowest BCUT2D eigenvalue weighted by Gasteiger charge is -2.21. The highest BCUT2D eigenvalue weighted by atomic mass is 32.2. The maximum absolute atomic E-state index is 11.8. The minimum atomic E-state index is -0.939. The van der Waals surface area contributed by atoms with Crippen LogP contribution in [0, 0.1) is 10.7 Å². The number of rotatable bonds is 6. The van der Waals surface area contributed by atoms with Gasteiger partial charge in [0, 0.05) is 23.5 Å². The molecule has 5 nitrogen and oxygen atoms in total. The number of benzene rings is 1. The van der Waals surface area contributed by atoms with Gasteiger partial charge in [-0.15, -0.1) is 0 Å². The zero-order valence-corrected chi connectivity index (χ0v) is 11.3. The molecular weight excluding hydrogens is 264 g/mol. The maximum Gasteiger partial charge on any atom is 0.305 e. The average Bonchev–Trinajstić information content (AvgIpc) is 2.40. The van der Waals surface area contributed by atoms with Crippen molar-refractivity contribution in [2.75, 3.05) is 11.4 Å². The third kappa shape index (κ3) is 4.64. The standard InChI is InChI=1S/C13H14N2O3S/c1-2-12(16)15(8-7-13(17)18)10-3-5-11(6-4-10)19-9-14/h3-6H,2,7-8H2,1H3,(H,17,18). The number of nitrogens with zero attached hydrogens (tertiary/aromatic N) is 2. The second-order valence-electron chi connectivity index (χ2n) is 3.73. The predicted octanol–water partition coefficient (Wildman–Crippen LogP) is 2.48. The Hall–Kier alpha value is -2.00. The molecule has 0 aliphatic heterocycles. The van der Waals surface area contributed by atoms with Gasteiger partial charge in [-0.2, -0.15) is 5.26 Å². The highest BCUT2D eigenvalue weighted by Crippen LogP contribution is 2.22. The monoisotopic (exact) mass is 278 g/mol. The first kappa shape index (κ1) is 15.1. The van der Waals surface area contributed by atoms with Gasteiger partial charge in [0.1, 0.15) is 5.40 Å². The number of anilines is 1. The zero-order valence-electron chi connectivity index (χ0n) is 10.5. The van der Waals surface area contributed by atoms with E-state index < -0.39 is 5.97 Å². The van der Waals surface area contributed by atoms with Crippen molar-refractivity contribution in [2.45, 2.75) is 24.7 Å². The van der Waals surface area contributed by atoms with Gasteiger partial charge >= 0.3 is 5.97 Å². The van der Waals surface area contributed by atoms with E-state index in [9.17, 15) is 9.59 Å². The van der Waals surface area contributed by atoms with Gasteiger partial charge in [-0.1, -0.05) is 6.92 Å². The number of thiocyanates is 1. The van der Waals surface area contributed by atoms with Crippen molar-refractivity contribution in [3.63, 3.8) is 0 Å². The summed E-state index contributed by atoms with van der Waals surface area (Å²) >= 11 is 1.04. The van der Waals surface area contributed by atoms with E-state index in [0.717, 1.165) is 16.7 Å². The van der Waals surface area contributed by atoms with E-state index in [1.54, 1.807) is 31.2 Å². The van der Waals surface area contributed by atoms with Crippen LogP contribution in [0.1, 0.15) is 19.8 Å². The molecule has 0 radical (unpaired) electrons. The molecule has 0 saturated heterocycles. The van der Waals surface area contributed by atoms with Gasteiger partial charge in [-0.3, -0.25) is 9.59 Å². The Morgan fingerprint density at radius 2 is 2.00 bits per heavy atom. The molecule has 1 aromatic rings. The molecule has 1 N–H and O–H groups in total. The van der Waals surface area contributed by atoms with Crippen LogP contribution in [0.4, 0.5) is 5.69 Å². The number of carbonyl (C=O) groups is 2. The van der Waals surface area contributed by atoms with Crippen LogP contribution < -0.4 is 4.90 Å². The normalized spacial score (nSPS) is 9.68. The van der Waals surface area contributed by atoms with Gasteiger partial charge in [0.25, 0.3) is 0 Å². The minimum Gasteiger partial charge on any atom is -0.481 e. The molecular formula is C13H14N2O3S. The molecule has 0 bridgehead atoms. The van der Waals surface area contributed by atoms with Gasteiger partial charge in [0.2, 0.25) is 5.91 Å². The number of carbonyl (C=O) groups excluding carboxylic acids is 1. The average molecular weight is 278 g/mol. The minimum absolute atomic E-state index is 0.0968. The first-order chi connectivity index (χ1) is 9.08. The van der Waals surface area contributed by atoms with E-state index in [1.165, 1.54) is 4.90 Å². The molecule has 100 valence electrons. The van der Waals surface area contributed by atoms with Gasteiger partial charge in [0.05, 0.1) is 6.42 Å². The van der Waals surface area contributed by atoms with Gasteiger partial charge < -0.3 is 10.0 Å². The SMILES string of the molecule is CCC(=O)N(CCC(=O)O)c1ccc(SC#N)cc1. The summed E-state index contributed by atoms with van der Waals surface area (Å²) in [6.45, 7) is 1.88. The van der Waals surface area contributed by atoms with E-state index in [4.69, 9.17) is 10.4 Å². The molecule has 0 aromatic heterocycles. The highest BCUT2D eigenvalue weighted by Gasteiger charge is 2.15. The Morgan fingerprint density at radius 3 is 2.47 bits per heavy atom. The van der Waals surface area contributed by atoms with E-state index in [-0.39, 0.29) is 18.9 Å². The van der Waals surface area contributed by atoms with E-state index >= 15 is 0 Å². The number of hydrogen-bond donors (Lipinski definition) is 1. The van der Waals surface area contributed by atoms with Crippen LogP contribution in [0.25, 0.3) is 0 Å². The van der Waals surface area contributed by atoms with Gasteiger partial charge in [-0.25, -0.2) is 0 Å². The van der Waals surface area contributed by atoms with Crippen molar-refractivity contribution in [3.05, 3.63) is 24.3 Å². The first-order valence-electron chi connectivity index (χ1n) is 5.76. The molecule has 0 fully saturated rings. The number of amides is 1. The Morgan fingerprint density at radius 1 is 1.37 bits per heavy atom. The van der Waals surface area contributed by atoms with Crippen LogP contribution in [-0.2, 0) is 9.59 Å². The number of carboxylic acids is 1. The number of carboxylic acid groups (broad SMARTS) is 1. The van der Waals surface area contributed by atoms with Crippen molar-refractivity contribution in [3.8, 4) is 5.40 Å². The molecule has 0 saturated carbocycles. The van der Waals surface area contributed by atoms with Crippen molar-refractivity contribution >= 4 is 29.3 Å². The van der Waals surface area contributed by atoms with Crippen molar-refractivity contribution in [2.24, 2.45) is 0 Å². The molecule has 1 aromatic carbocycles. The summed E-state index contributed by atoms with van der Waals surface area (Å²) in [6, 6.07) is 6.91. The fourth-order valence-corrected chi connectivity index (χ4v) is 1.92. The van der Waals surface area contributed by atoms with Crippen LogP contribution in [0.2, 0.25) is 0 Å². The lowest BCUT2D eigenvalue weighted by Crippen LogP contribution is -2.32. The lowest BCUT2D eigenvalue weighted by molar-refractivity contribution is -0.136. The molecule has 19 heavy (non-hydrogen) atoms. The molecule has 6 heteroatoms. The predicted molar refractivity (Wildman–Crippen MR) is 72.8 cm³/mol. The highest BCUT2D eigenvalue weighted by molar-refractivity contribution is 8.03. The number of nitriles is 1. The van der Waals surface area contributed by atoms with Crippen LogP contribution in [0.15, 0.2) is 29.2 Å². The number of hydrogen-bond acceptors (Lipinski definition) is 4. The second kappa shape index (κ2) is 7.44. The van der Waals surface area contributed by atoms with Gasteiger partial charge in [-0.05, 0) is 36.0 Å². The summed E-state index contributed by atoms with van der Waals surface area (Å²) in [5.41, 5.74) is 0.649. The summed E-state index contributed by atoms with van der Waals surface area (Å²) in [7, 11) is 0.